The molecule has 1 atom stereocenters. The fraction of sp³-hybridized carbons (Fsp3) is 0.750. The highest BCUT2D eigenvalue weighted by Crippen LogP contribution is 2.20. The van der Waals surface area contributed by atoms with Crippen LogP contribution >= 0.6 is 24.0 Å². The van der Waals surface area contributed by atoms with Crippen LogP contribution in [0.15, 0.2) is 17.6 Å². The monoisotopic (exact) mass is 507 g/mol. The molecule has 1 heterocycles. The summed E-state index contributed by atoms with van der Waals surface area (Å²) < 4.78 is 0. The van der Waals surface area contributed by atoms with Crippen molar-refractivity contribution in [3.8, 4) is 0 Å². The van der Waals surface area contributed by atoms with Crippen LogP contribution in [0.1, 0.15) is 59.3 Å². The van der Waals surface area contributed by atoms with E-state index < -0.39 is 5.54 Å². The molecule has 0 saturated carbocycles. The number of nitrogens with one attached hydrogen (secondary N) is 2. The molecule has 0 aromatic heterocycles. The SMILES string of the molecule is C=CCCCCCN(C)C(=NCCCN1C(=O)NC(C)(CC)C1=O)NCC.I. The second kappa shape index (κ2) is 13.8. The van der Waals surface area contributed by atoms with Gasteiger partial charge < -0.3 is 15.5 Å². The Hall–Kier alpha value is -1.32. The normalized spacial score (nSPS) is 19.3. The van der Waals surface area contributed by atoms with Crippen LogP contribution in [-0.4, -0.2) is 66.5 Å². The standard InChI is InChI=1S/C20H37N5O2.HI/c1-6-9-10-11-12-15-24(5)18(21-8-3)22-14-13-16-25-17(26)20(4,7-2)23-19(25)27;/h6H,1,7-16H2,2-5H3,(H,21,22)(H,23,27);1H. The number of halogens is 1. The van der Waals surface area contributed by atoms with Gasteiger partial charge in [0.1, 0.15) is 5.54 Å². The first kappa shape index (κ1) is 26.7. The number of rotatable bonds is 12. The summed E-state index contributed by atoms with van der Waals surface area (Å²) in [6.07, 6.45) is 7.75. The summed E-state index contributed by atoms with van der Waals surface area (Å²) in [6, 6.07) is -0.295. The molecule has 1 saturated heterocycles. The van der Waals surface area contributed by atoms with Crippen molar-refractivity contribution in [2.75, 3.05) is 33.2 Å². The molecule has 0 bridgehead atoms. The van der Waals surface area contributed by atoms with Crippen molar-refractivity contribution in [2.45, 2.75) is 64.8 Å². The third-order valence-corrected chi connectivity index (χ3v) is 4.95. The third kappa shape index (κ3) is 7.97. The van der Waals surface area contributed by atoms with Crippen molar-refractivity contribution in [3.63, 3.8) is 0 Å². The fourth-order valence-electron chi connectivity index (χ4n) is 2.99. The van der Waals surface area contributed by atoms with Gasteiger partial charge in [0.25, 0.3) is 5.91 Å². The summed E-state index contributed by atoms with van der Waals surface area (Å²) in [7, 11) is 2.04. The van der Waals surface area contributed by atoms with E-state index in [0.29, 0.717) is 25.9 Å². The predicted octanol–water partition coefficient (Wildman–Crippen LogP) is 3.36. The molecular weight excluding hydrogens is 469 g/mol. The predicted molar refractivity (Wildman–Crippen MR) is 126 cm³/mol. The Morgan fingerprint density at radius 1 is 1.29 bits per heavy atom. The number of urea groups is 1. The third-order valence-electron chi connectivity index (χ3n) is 4.95. The van der Waals surface area contributed by atoms with Gasteiger partial charge in [0, 0.05) is 33.2 Å². The fourth-order valence-corrected chi connectivity index (χ4v) is 2.99. The van der Waals surface area contributed by atoms with Gasteiger partial charge in [-0.05, 0) is 46.0 Å². The average Bonchev–Trinajstić information content (AvgIpc) is 2.87. The second-order valence-electron chi connectivity index (χ2n) is 7.22. The van der Waals surface area contributed by atoms with Gasteiger partial charge in [-0.25, -0.2) is 4.79 Å². The number of carbonyl (C=O) groups excluding carboxylic acids is 2. The van der Waals surface area contributed by atoms with Gasteiger partial charge in [0.05, 0.1) is 0 Å². The molecular formula is C20H38IN5O2. The zero-order valence-electron chi connectivity index (χ0n) is 17.9. The maximum absolute atomic E-state index is 12.4. The van der Waals surface area contributed by atoms with Crippen LogP contribution in [0.25, 0.3) is 0 Å². The van der Waals surface area contributed by atoms with Crippen LogP contribution in [0.5, 0.6) is 0 Å². The van der Waals surface area contributed by atoms with Gasteiger partial charge in [0.15, 0.2) is 5.96 Å². The minimum atomic E-state index is -0.763. The van der Waals surface area contributed by atoms with E-state index in [1.807, 2.05) is 27.0 Å². The number of aliphatic imine (C=N–C) groups is 1. The van der Waals surface area contributed by atoms with Gasteiger partial charge in [-0.3, -0.25) is 14.7 Å². The average molecular weight is 507 g/mol. The molecule has 7 nitrogen and oxygen atoms in total. The molecule has 8 heteroatoms. The van der Waals surface area contributed by atoms with Gasteiger partial charge in [-0.1, -0.05) is 19.4 Å². The van der Waals surface area contributed by atoms with Crippen molar-refractivity contribution in [3.05, 3.63) is 12.7 Å². The maximum Gasteiger partial charge on any atom is 0.325 e. The highest BCUT2D eigenvalue weighted by Gasteiger charge is 2.45. The summed E-state index contributed by atoms with van der Waals surface area (Å²) in [6.45, 7) is 12.2. The molecule has 1 fully saturated rings. The van der Waals surface area contributed by atoms with E-state index in [1.54, 1.807) is 6.92 Å². The number of guanidine groups is 1. The molecule has 28 heavy (non-hydrogen) atoms. The number of nitrogens with zero attached hydrogens (tertiary/aromatic N) is 3. The lowest BCUT2D eigenvalue weighted by Gasteiger charge is -2.22. The number of amides is 3. The molecule has 1 aliphatic rings. The van der Waals surface area contributed by atoms with Crippen molar-refractivity contribution < 1.29 is 9.59 Å². The van der Waals surface area contributed by atoms with Crippen LogP contribution in [-0.2, 0) is 4.79 Å². The number of hydrogen-bond donors (Lipinski definition) is 2. The number of unbranched alkanes of at least 4 members (excludes halogenated alkanes) is 3. The highest BCUT2D eigenvalue weighted by atomic mass is 127. The van der Waals surface area contributed by atoms with E-state index in [2.05, 4.69) is 27.1 Å². The Balaban J connectivity index is 0.00000729. The van der Waals surface area contributed by atoms with Gasteiger partial charge >= 0.3 is 6.03 Å². The second-order valence-corrected chi connectivity index (χ2v) is 7.22. The topological polar surface area (TPSA) is 77.0 Å². The molecule has 3 amide bonds. The molecule has 2 N–H and O–H groups in total. The van der Waals surface area contributed by atoms with E-state index in [1.165, 1.54) is 17.7 Å². The molecule has 1 unspecified atom stereocenters. The molecule has 0 aromatic carbocycles. The molecule has 0 aliphatic carbocycles. The van der Waals surface area contributed by atoms with Crippen LogP contribution in [0.3, 0.4) is 0 Å². The van der Waals surface area contributed by atoms with Crippen LogP contribution in [0.4, 0.5) is 4.79 Å². The number of carbonyl (C=O) groups is 2. The quantitative estimate of drug-likeness (QED) is 0.106. The lowest BCUT2D eigenvalue weighted by Crippen LogP contribution is -2.43. The molecule has 0 radical (unpaired) electrons. The van der Waals surface area contributed by atoms with Crippen LogP contribution in [0.2, 0.25) is 0 Å². The van der Waals surface area contributed by atoms with Crippen molar-refractivity contribution in [1.82, 2.24) is 20.4 Å². The van der Waals surface area contributed by atoms with E-state index >= 15 is 0 Å². The summed E-state index contributed by atoms with van der Waals surface area (Å²) in [5, 5.41) is 6.08. The Bertz CT molecular complexity index is 541. The lowest BCUT2D eigenvalue weighted by atomic mass is 9.99. The summed E-state index contributed by atoms with van der Waals surface area (Å²) in [5.41, 5.74) is -0.763. The Morgan fingerprint density at radius 3 is 2.57 bits per heavy atom. The van der Waals surface area contributed by atoms with Gasteiger partial charge in [0.2, 0.25) is 0 Å². The molecule has 0 aromatic rings. The first-order valence-corrected chi connectivity index (χ1v) is 10.1. The molecule has 1 rings (SSSR count). The van der Waals surface area contributed by atoms with Gasteiger partial charge in [-0.15, -0.1) is 30.6 Å². The van der Waals surface area contributed by atoms with E-state index in [0.717, 1.165) is 31.9 Å². The zero-order chi connectivity index (χ0) is 20.3. The highest BCUT2D eigenvalue weighted by molar-refractivity contribution is 14.0. The molecule has 162 valence electrons. The minimum absolute atomic E-state index is 0. The lowest BCUT2D eigenvalue weighted by molar-refractivity contribution is -0.130. The molecule has 1 aliphatic heterocycles. The minimum Gasteiger partial charge on any atom is -0.357 e. The maximum atomic E-state index is 12.4. The first-order valence-electron chi connectivity index (χ1n) is 10.1. The van der Waals surface area contributed by atoms with Crippen LogP contribution < -0.4 is 10.6 Å². The number of allylic oxidation sites excluding steroid dienone is 1. The Morgan fingerprint density at radius 2 is 2.00 bits per heavy atom. The Labute approximate surface area is 187 Å². The van der Waals surface area contributed by atoms with Crippen molar-refractivity contribution in [2.24, 2.45) is 4.99 Å². The summed E-state index contributed by atoms with van der Waals surface area (Å²) in [4.78, 5) is 32.5. The van der Waals surface area contributed by atoms with Crippen LogP contribution in [0, 0.1) is 0 Å². The zero-order valence-corrected chi connectivity index (χ0v) is 20.3. The van der Waals surface area contributed by atoms with Gasteiger partial charge in [-0.2, -0.15) is 0 Å². The van der Waals surface area contributed by atoms with E-state index in [-0.39, 0.29) is 35.9 Å². The first-order chi connectivity index (χ1) is 12.9. The van der Waals surface area contributed by atoms with Crippen molar-refractivity contribution >= 4 is 41.9 Å². The Kier molecular flexibility index (Phi) is 13.1. The number of hydrogen-bond acceptors (Lipinski definition) is 3. The van der Waals surface area contributed by atoms with Crippen molar-refractivity contribution in [1.29, 1.82) is 0 Å². The summed E-state index contributed by atoms with van der Waals surface area (Å²) >= 11 is 0. The largest absolute Gasteiger partial charge is 0.357 e. The molecule has 0 spiro atoms. The summed E-state index contributed by atoms with van der Waals surface area (Å²) in [5.74, 6) is 0.736. The van der Waals surface area contributed by atoms with E-state index in [4.69, 9.17) is 0 Å². The smallest absolute Gasteiger partial charge is 0.325 e. The number of imide groups is 1. The van der Waals surface area contributed by atoms with E-state index in [9.17, 15) is 9.59 Å².